The highest BCUT2D eigenvalue weighted by Gasteiger charge is 2.33. The summed E-state index contributed by atoms with van der Waals surface area (Å²) in [5.41, 5.74) is 4.49. The van der Waals surface area contributed by atoms with E-state index in [1.807, 2.05) is 66.7 Å². The van der Waals surface area contributed by atoms with Crippen LogP contribution >= 0.6 is 11.8 Å². The van der Waals surface area contributed by atoms with Gasteiger partial charge in [-0.3, -0.25) is 4.79 Å². The number of nitrogens with one attached hydrogen (secondary N) is 1. The lowest BCUT2D eigenvalue weighted by molar-refractivity contribution is -0.245. The lowest BCUT2D eigenvalue weighted by Crippen LogP contribution is -2.31. The van der Waals surface area contributed by atoms with E-state index in [0.29, 0.717) is 28.6 Å². The number of hydrogen-bond donors (Lipinski definition) is 3. The van der Waals surface area contributed by atoms with Gasteiger partial charge in [0.1, 0.15) is 5.75 Å². The number of hydrogen-bond acceptors (Lipinski definition) is 9. The molecule has 3 unspecified atom stereocenters. The molecule has 1 fully saturated rings. The number of aliphatic hydroxyl groups is 1. The first kappa shape index (κ1) is 28.6. The van der Waals surface area contributed by atoms with E-state index in [1.165, 1.54) is 11.8 Å². The summed E-state index contributed by atoms with van der Waals surface area (Å²) in [6.07, 6.45) is -0.595. The Balaban J connectivity index is 1.22. The van der Waals surface area contributed by atoms with Crippen molar-refractivity contribution in [3.05, 3.63) is 125 Å². The highest BCUT2D eigenvalue weighted by Crippen LogP contribution is 2.40. The first-order chi connectivity index (χ1) is 21.1. The average molecular weight is 596 g/mol. The zero-order valence-corrected chi connectivity index (χ0v) is 23.8. The number of carbonyl (C=O) groups excluding carboxylic acids is 1. The minimum atomic E-state index is -0.691. The van der Waals surface area contributed by atoms with Crippen LogP contribution in [-0.2, 0) is 16.1 Å². The van der Waals surface area contributed by atoms with Crippen molar-refractivity contribution in [1.82, 2.24) is 20.2 Å². The lowest BCUT2D eigenvalue weighted by Gasteiger charge is -2.36. The molecule has 11 heteroatoms. The number of rotatable bonds is 9. The number of aromatic nitrogens is 4. The number of amides is 1. The van der Waals surface area contributed by atoms with E-state index in [0.717, 1.165) is 22.4 Å². The quantitative estimate of drug-likeness (QED) is 0.190. The summed E-state index contributed by atoms with van der Waals surface area (Å²) in [7, 11) is 0. The van der Waals surface area contributed by atoms with Crippen LogP contribution in [0.15, 0.2) is 108 Å². The van der Waals surface area contributed by atoms with Crippen LogP contribution in [0, 0.1) is 0 Å². The molecule has 3 N–H and O–H groups in total. The standard InChI is InChI=1S/C32H29N5O5S/c38-19-21-9-11-22(12-10-21)29-18-28(20-43-32-34-35-36-37(32)26-13-15-27(39)16-14-26)41-31(42-29)24-7-4-8-25(17-24)33-30(40)23-5-2-1-3-6-23/h1-17,28-29,31,38-39H,18-20H2,(H,33,40). The molecule has 1 saturated heterocycles. The zero-order valence-electron chi connectivity index (χ0n) is 23.0. The lowest BCUT2D eigenvalue weighted by atomic mass is 10.0. The van der Waals surface area contributed by atoms with Crippen LogP contribution < -0.4 is 5.32 Å². The molecule has 0 radical (unpaired) electrons. The number of benzene rings is 4. The first-order valence-corrected chi connectivity index (χ1v) is 14.7. The Hall–Kier alpha value is -4.55. The third kappa shape index (κ3) is 6.92. The van der Waals surface area contributed by atoms with E-state index in [9.17, 15) is 15.0 Å². The van der Waals surface area contributed by atoms with Crippen LogP contribution in [0.5, 0.6) is 5.75 Å². The number of nitrogens with zero attached hydrogens (tertiary/aromatic N) is 4. The molecule has 43 heavy (non-hydrogen) atoms. The molecule has 4 aromatic carbocycles. The number of thioether (sulfide) groups is 1. The predicted octanol–water partition coefficient (Wildman–Crippen LogP) is 5.45. The minimum Gasteiger partial charge on any atom is -0.508 e. The van der Waals surface area contributed by atoms with E-state index in [4.69, 9.17) is 9.47 Å². The van der Waals surface area contributed by atoms with Gasteiger partial charge in [0.15, 0.2) is 6.29 Å². The molecule has 3 atom stereocenters. The number of aromatic hydroxyl groups is 1. The Morgan fingerprint density at radius 2 is 1.72 bits per heavy atom. The van der Waals surface area contributed by atoms with Crippen LogP contribution in [-0.4, -0.2) is 48.2 Å². The fourth-order valence-electron chi connectivity index (χ4n) is 4.77. The van der Waals surface area contributed by atoms with Gasteiger partial charge in [-0.25, -0.2) is 0 Å². The summed E-state index contributed by atoms with van der Waals surface area (Å²) in [5.74, 6) is 0.508. The molecular formula is C32H29N5O5S. The number of tetrazole rings is 1. The van der Waals surface area contributed by atoms with E-state index in [2.05, 4.69) is 20.8 Å². The second-order valence-corrected chi connectivity index (χ2v) is 11.0. The summed E-state index contributed by atoms with van der Waals surface area (Å²) < 4.78 is 14.6. The maximum Gasteiger partial charge on any atom is 0.255 e. The molecule has 5 aromatic rings. The van der Waals surface area contributed by atoms with Crippen molar-refractivity contribution >= 4 is 23.4 Å². The Bertz CT molecular complexity index is 1660. The molecule has 0 saturated carbocycles. The smallest absolute Gasteiger partial charge is 0.255 e. The number of aliphatic hydroxyl groups excluding tert-OH is 1. The van der Waals surface area contributed by atoms with Crippen molar-refractivity contribution in [1.29, 1.82) is 0 Å². The Labute approximate surface area is 252 Å². The van der Waals surface area contributed by atoms with Crippen molar-refractivity contribution in [2.45, 2.75) is 36.7 Å². The SMILES string of the molecule is O=C(Nc1cccc(C2OC(CSc3nnnn3-c3ccc(O)cc3)CC(c3ccc(CO)cc3)O2)c1)c1ccccc1. The summed E-state index contributed by atoms with van der Waals surface area (Å²) >= 11 is 1.46. The minimum absolute atomic E-state index is 0.0337. The van der Waals surface area contributed by atoms with Crippen molar-refractivity contribution in [2.24, 2.45) is 0 Å². The fraction of sp³-hybridized carbons (Fsp3) is 0.188. The molecular weight excluding hydrogens is 566 g/mol. The molecule has 218 valence electrons. The highest BCUT2D eigenvalue weighted by atomic mass is 32.2. The van der Waals surface area contributed by atoms with Gasteiger partial charge in [0.25, 0.3) is 5.91 Å². The van der Waals surface area contributed by atoms with Crippen LogP contribution in [0.3, 0.4) is 0 Å². The summed E-state index contributed by atoms with van der Waals surface area (Å²) in [4.78, 5) is 12.8. The fourth-order valence-corrected chi connectivity index (χ4v) is 5.68. The van der Waals surface area contributed by atoms with E-state index in [1.54, 1.807) is 41.1 Å². The Kier molecular flexibility index (Phi) is 8.75. The molecule has 2 heterocycles. The molecule has 0 aliphatic carbocycles. The summed E-state index contributed by atoms with van der Waals surface area (Å²) in [6, 6.07) is 30.9. The Morgan fingerprint density at radius 1 is 0.930 bits per heavy atom. The van der Waals surface area contributed by atoms with Gasteiger partial charge in [-0.1, -0.05) is 66.4 Å². The van der Waals surface area contributed by atoms with Gasteiger partial charge in [-0.15, -0.1) is 5.10 Å². The van der Waals surface area contributed by atoms with Gasteiger partial charge in [-0.2, -0.15) is 4.68 Å². The van der Waals surface area contributed by atoms with Gasteiger partial charge < -0.3 is 25.0 Å². The molecule has 1 amide bonds. The van der Waals surface area contributed by atoms with Gasteiger partial charge in [0.05, 0.1) is 24.5 Å². The first-order valence-electron chi connectivity index (χ1n) is 13.7. The molecule has 1 aliphatic rings. The highest BCUT2D eigenvalue weighted by molar-refractivity contribution is 7.99. The topological polar surface area (TPSA) is 132 Å². The number of anilines is 1. The average Bonchev–Trinajstić information content (AvgIpc) is 3.53. The van der Waals surface area contributed by atoms with E-state index in [-0.39, 0.29) is 30.5 Å². The Morgan fingerprint density at radius 3 is 2.49 bits per heavy atom. The number of phenolic OH excluding ortho intramolecular Hbond substituents is 1. The molecule has 0 bridgehead atoms. The van der Waals surface area contributed by atoms with Gasteiger partial charge in [-0.05, 0) is 70.1 Å². The molecule has 10 nitrogen and oxygen atoms in total. The molecule has 1 aliphatic heterocycles. The maximum absolute atomic E-state index is 12.8. The van der Waals surface area contributed by atoms with Crippen LogP contribution in [0.2, 0.25) is 0 Å². The molecule has 1 aromatic heterocycles. The molecule has 6 rings (SSSR count). The van der Waals surface area contributed by atoms with Crippen molar-refractivity contribution in [3.8, 4) is 11.4 Å². The maximum atomic E-state index is 12.8. The second kappa shape index (κ2) is 13.2. The third-order valence-corrected chi connectivity index (χ3v) is 8.05. The third-order valence-electron chi connectivity index (χ3n) is 7.00. The van der Waals surface area contributed by atoms with Gasteiger partial charge in [0, 0.05) is 29.0 Å². The van der Waals surface area contributed by atoms with Crippen LogP contribution in [0.4, 0.5) is 5.69 Å². The van der Waals surface area contributed by atoms with E-state index < -0.39 is 6.29 Å². The summed E-state index contributed by atoms with van der Waals surface area (Å²) in [5, 5.41) is 34.8. The van der Waals surface area contributed by atoms with Crippen molar-refractivity contribution in [2.75, 3.05) is 11.1 Å². The molecule has 0 spiro atoms. The summed E-state index contributed by atoms with van der Waals surface area (Å²) in [6.45, 7) is -0.0337. The van der Waals surface area contributed by atoms with Crippen molar-refractivity contribution < 1.29 is 24.5 Å². The van der Waals surface area contributed by atoms with Gasteiger partial charge >= 0.3 is 0 Å². The van der Waals surface area contributed by atoms with Crippen LogP contribution in [0.1, 0.15) is 45.9 Å². The second-order valence-electron chi connectivity index (χ2n) is 10.00. The van der Waals surface area contributed by atoms with Crippen LogP contribution in [0.25, 0.3) is 5.69 Å². The van der Waals surface area contributed by atoms with E-state index >= 15 is 0 Å². The normalized spacial score (nSPS) is 18.3. The largest absolute Gasteiger partial charge is 0.508 e. The number of ether oxygens (including phenoxy) is 2. The predicted molar refractivity (Wildman–Crippen MR) is 161 cm³/mol. The van der Waals surface area contributed by atoms with Gasteiger partial charge in [0.2, 0.25) is 5.16 Å². The zero-order chi connectivity index (χ0) is 29.6. The number of carbonyl (C=O) groups is 1. The van der Waals surface area contributed by atoms with Crippen molar-refractivity contribution in [3.63, 3.8) is 0 Å². The monoisotopic (exact) mass is 595 g/mol. The number of phenols is 1.